The number of benzene rings is 3. The first kappa shape index (κ1) is 17.2. The third-order valence-corrected chi connectivity index (χ3v) is 4.53. The Balaban J connectivity index is 1.82. The summed E-state index contributed by atoms with van der Waals surface area (Å²) in [4.78, 5) is 0. The molecular weight excluding hydrogens is 304 g/mol. The van der Waals surface area contributed by atoms with Crippen molar-refractivity contribution in [3.05, 3.63) is 113 Å². The van der Waals surface area contributed by atoms with E-state index >= 15 is 0 Å². The second-order valence-electron chi connectivity index (χ2n) is 6.42. The number of aliphatic hydroxyl groups is 1. The molecule has 0 aliphatic carbocycles. The number of hydrogen-bond acceptors (Lipinski definition) is 1. The molecule has 0 unspecified atom stereocenters. The summed E-state index contributed by atoms with van der Waals surface area (Å²) in [5.41, 5.74) is 4.51. The molecule has 0 saturated carbocycles. The van der Waals surface area contributed by atoms with Crippen molar-refractivity contribution in [2.45, 2.75) is 25.4 Å². The molecular formula is C24H24O. The van der Waals surface area contributed by atoms with E-state index in [4.69, 9.17) is 0 Å². The van der Waals surface area contributed by atoms with Crippen LogP contribution in [0.2, 0.25) is 0 Å². The number of aryl methyl sites for hydroxylation is 1. The van der Waals surface area contributed by atoms with Crippen LogP contribution >= 0.6 is 0 Å². The first-order chi connectivity index (χ1) is 12.2. The van der Waals surface area contributed by atoms with Crippen molar-refractivity contribution in [3.63, 3.8) is 0 Å². The lowest BCUT2D eigenvalue weighted by atomic mass is 9.86. The Kier molecular flexibility index (Phi) is 5.81. The highest BCUT2D eigenvalue weighted by Crippen LogP contribution is 2.34. The Labute approximate surface area is 150 Å². The standard InChI is InChI=1S/C24H24O/c1-19-15-17-22(18-16-19)24(25)23(21-12-6-3-7-13-21)14-8-11-20-9-4-2-5-10-20/h2-13,15-18,23-25H,14H2,1H3/b11-8+/t23-,24-/m0/s1. The third kappa shape index (κ3) is 4.68. The van der Waals surface area contributed by atoms with Gasteiger partial charge in [0.05, 0.1) is 6.10 Å². The molecule has 0 aliphatic heterocycles. The monoisotopic (exact) mass is 328 g/mol. The van der Waals surface area contributed by atoms with Gasteiger partial charge < -0.3 is 5.11 Å². The highest BCUT2D eigenvalue weighted by atomic mass is 16.3. The minimum Gasteiger partial charge on any atom is -0.388 e. The van der Waals surface area contributed by atoms with Crippen LogP contribution in [0.15, 0.2) is 91.0 Å². The van der Waals surface area contributed by atoms with Crippen LogP contribution in [0, 0.1) is 6.92 Å². The van der Waals surface area contributed by atoms with Gasteiger partial charge in [0.15, 0.2) is 0 Å². The Bertz CT molecular complexity index is 789. The zero-order valence-electron chi connectivity index (χ0n) is 14.5. The maximum atomic E-state index is 11.0. The van der Waals surface area contributed by atoms with Crippen LogP contribution in [0.3, 0.4) is 0 Å². The highest BCUT2D eigenvalue weighted by molar-refractivity contribution is 5.49. The van der Waals surface area contributed by atoms with E-state index in [1.165, 1.54) is 11.1 Å². The predicted octanol–water partition coefficient (Wildman–Crippen LogP) is 5.92. The summed E-state index contributed by atoms with van der Waals surface area (Å²) in [6, 6.07) is 28.7. The number of allylic oxidation sites excluding steroid dienone is 1. The molecule has 0 saturated heterocycles. The Morgan fingerprint density at radius 3 is 2.00 bits per heavy atom. The van der Waals surface area contributed by atoms with E-state index < -0.39 is 6.10 Å². The van der Waals surface area contributed by atoms with E-state index in [0.29, 0.717) is 0 Å². The zero-order chi connectivity index (χ0) is 17.5. The second-order valence-corrected chi connectivity index (χ2v) is 6.42. The SMILES string of the molecule is Cc1ccc([C@H](O)[C@@H](C/C=C/c2ccccc2)c2ccccc2)cc1. The van der Waals surface area contributed by atoms with Gasteiger partial charge in [-0.25, -0.2) is 0 Å². The van der Waals surface area contributed by atoms with Crippen LogP contribution in [0.25, 0.3) is 6.08 Å². The Morgan fingerprint density at radius 1 is 0.760 bits per heavy atom. The molecule has 0 spiro atoms. The van der Waals surface area contributed by atoms with Gasteiger partial charge in [-0.1, -0.05) is 103 Å². The number of aliphatic hydroxyl groups excluding tert-OH is 1. The molecule has 3 aromatic rings. The molecule has 2 atom stereocenters. The van der Waals surface area contributed by atoms with Gasteiger partial charge in [-0.3, -0.25) is 0 Å². The number of hydrogen-bond donors (Lipinski definition) is 1. The first-order valence-corrected chi connectivity index (χ1v) is 8.75. The average Bonchev–Trinajstić information content (AvgIpc) is 2.67. The molecule has 0 heterocycles. The van der Waals surface area contributed by atoms with Crippen molar-refractivity contribution in [2.24, 2.45) is 0 Å². The van der Waals surface area contributed by atoms with Crippen molar-refractivity contribution >= 4 is 6.08 Å². The molecule has 3 rings (SSSR count). The summed E-state index contributed by atoms with van der Waals surface area (Å²) < 4.78 is 0. The second kappa shape index (κ2) is 8.46. The van der Waals surface area contributed by atoms with Gasteiger partial charge in [0, 0.05) is 5.92 Å². The molecule has 1 N–H and O–H groups in total. The van der Waals surface area contributed by atoms with Gasteiger partial charge in [-0.2, -0.15) is 0 Å². The summed E-state index contributed by atoms with van der Waals surface area (Å²) in [5.74, 6) is 0.0314. The first-order valence-electron chi connectivity index (χ1n) is 8.75. The summed E-state index contributed by atoms with van der Waals surface area (Å²) in [5, 5.41) is 11.0. The van der Waals surface area contributed by atoms with Gasteiger partial charge >= 0.3 is 0 Å². The van der Waals surface area contributed by atoms with E-state index in [9.17, 15) is 5.11 Å². The summed E-state index contributed by atoms with van der Waals surface area (Å²) in [6.07, 6.45) is 4.54. The largest absolute Gasteiger partial charge is 0.388 e. The van der Waals surface area contributed by atoms with Crippen LogP contribution in [0.5, 0.6) is 0 Å². The topological polar surface area (TPSA) is 20.2 Å². The number of rotatable bonds is 6. The molecule has 3 aromatic carbocycles. The zero-order valence-corrected chi connectivity index (χ0v) is 14.5. The van der Waals surface area contributed by atoms with Crippen LogP contribution in [0.4, 0.5) is 0 Å². The normalized spacial score (nSPS) is 13.7. The van der Waals surface area contributed by atoms with Gasteiger partial charge in [-0.15, -0.1) is 0 Å². The fraction of sp³-hybridized carbons (Fsp3) is 0.167. The van der Waals surface area contributed by atoms with Crippen molar-refractivity contribution in [2.75, 3.05) is 0 Å². The lowest BCUT2D eigenvalue weighted by Crippen LogP contribution is -2.10. The quantitative estimate of drug-likeness (QED) is 0.596. The minimum absolute atomic E-state index is 0.0314. The summed E-state index contributed by atoms with van der Waals surface area (Å²) >= 11 is 0. The predicted molar refractivity (Wildman–Crippen MR) is 105 cm³/mol. The maximum Gasteiger partial charge on any atom is 0.0861 e. The molecule has 126 valence electrons. The van der Waals surface area contributed by atoms with Crippen molar-refractivity contribution in [1.29, 1.82) is 0 Å². The minimum atomic E-state index is -0.525. The lowest BCUT2D eigenvalue weighted by Gasteiger charge is -2.23. The van der Waals surface area contributed by atoms with Gasteiger partial charge in [0.1, 0.15) is 0 Å². The Hall–Kier alpha value is -2.64. The van der Waals surface area contributed by atoms with Gasteiger partial charge in [-0.05, 0) is 30.0 Å². The van der Waals surface area contributed by atoms with Crippen molar-refractivity contribution < 1.29 is 5.11 Å². The van der Waals surface area contributed by atoms with Crippen LogP contribution in [-0.2, 0) is 0 Å². The van der Waals surface area contributed by atoms with Crippen molar-refractivity contribution in [3.8, 4) is 0 Å². The summed E-state index contributed by atoms with van der Waals surface area (Å²) in [6.45, 7) is 2.06. The lowest BCUT2D eigenvalue weighted by molar-refractivity contribution is 0.145. The fourth-order valence-corrected chi connectivity index (χ4v) is 3.06. The smallest absolute Gasteiger partial charge is 0.0861 e. The molecule has 0 aliphatic rings. The van der Waals surface area contributed by atoms with Gasteiger partial charge in [0.25, 0.3) is 0 Å². The molecule has 0 radical (unpaired) electrons. The summed E-state index contributed by atoms with van der Waals surface area (Å²) in [7, 11) is 0. The molecule has 0 fully saturated rings. The maximum absolute atomic E-state index is 11.0. The molecule has 0 amide bonds. The van der Waals surface area contributed by atoms with Crippen LogP contribution in [0.1, 0.15) is 40.7 Å². The molecule has 1 heteroatoms. The van der Waals surface area contributed by atoms with Gasteiger partial charge in [0.2, 0.25) is 0 Å². The highest BCUT2D eigenvalue weighted by Gasteiger charge is 2.21. The van der Waals surface area contributed by atoms with Crippen LogP contribution < -0.4 is 0 Å². The van der Waals surface area contributed by atoms with Crippen molar-refractivity contribution in [1.82, 2.24) is 0 Å². The van der Waals surface area contributed by atoms with E-state index in [1.807, 2.05) is 48.5 Å². The van der Waals surface area contributed by atoms with E-state index in [0.717, 1.165) is 17.5 Å². The van der Waals surface area contributed by atoms with Crippen LogP contribution in [-0.4, -0.2) is 5.11 Å². The Morgan fingerprint density at radius 2 is 1.36 bits per heavy atom. The molecule has 0 aromatic heterocycles. The molecule has 1 nitrogen and oxygen atoms in total. The molecule has 0 bridgehead atoms. The van der Waals surface area contributed by atoms with E-state index in [1.54, 1.807) is 0 Å². The molecule has 25 heavy (non-hydrogen) atoms. The average molecular weight is 328 g/mol. The fourth-order valence-electron chi connectivity index (χ4n) is 3.06. The third-order valence-electron chi connectivity index (χ3n) is 4.53. The van der Waals surface area contributed by atoms with E-state index in [-0.39, 0.29) is 5.92 Å². The van der Waals surface area contributed by atoms with E-state index in [2.05, 4.69) is 55.5 Å².